The Labute approximate surface area is 150 Å². The van der Waals surface area contributed by atoms with Crippen LogP contribution in [0.1, 0.15) is 24.1 Å². The van der Waals surface area contributed by atoms with Crippen LogP contribution < -0.4 is 15.8 Å². The Morgan fingerprint density at radius 1 is 1.19 bits per heavy atom. The number of halogens is 3. The summed E-state index contributed by atoms with van der Waals surface area (Å²) in [5.41, 5.74) is 7.82. The molecule has 26 heavy (non-hydrogen) atoms. The molecule has 0 aliphatic rings. The normalized spacial score (nSPS) is 13.8. The molecule has 2 aromatic rings. The summed E-state index contributed by atoms with van der Waals surface area (Å²) in [7, 11) is 0. The minimum absolute atomic E-state index is 0.0313. The molecule has 0 radical (unpaired) electrons. The fourth-order valence-corrected chi connectivity index (χ4v) is 2.39. The molecule has 0 aromatic heterocycles. The lowest BCUT2D eigenvalue weighted by atomic mass is 9.94. The molecule has 7 heteroatoms. The lowest BCUT2D eigenvalue weighted by Crippen LogP contribution is -2.30. The molecule has 2 aromatic carbocycles. The van der Waals surface area contributed by atoms with Gasteiger partial charge in [0, 0.05) is 6.04 Å². The number of ether oxygens (including phenoxy) is 1. The fourth-order valence-electron chi connectivity index (χ4n) is 2.39. The number of hydrogen-bond acceptors (Lipinski definition) is 3. The topological polar surface area (TPSA) is 64.4 Å². The Bertz CT molecular complexity index is 748. The number of carbonyl (C=O) groups is 1. The minimum Gasteiger partial charge on any atom is -0.482 e. The summed E-state index contributed by atoms with van der Waals surface area (Å²) in [6.07, 6.45) is -4.46. The van der Waals surface area contributed by atoms with Crippen molar-refractivity contribution in [3.8, 4) is 5.75 Å². The average molecular weight is 366 g/mol. The maximum absolute atomic E-state index is 12.5. The van der Waals surface area contributed by atoms with Gasteiger partial charge in [0.2, 0.25) is 5.91 Å². The van der Waals surface area contributed by atoms with Crippen molar-refractivity contribution in [3.63, 3.8) is 0 Å². The van der Waals surface area contributed by atoms with Crippen molar-refractivity contribution in [1.29, 1.82) is 0 Å². The van der Waals surface area contributed by atoms with Gasteiger partial charge in [0.1, 0.15) is 5.75 Å². The van der Waals surface area contributed by atoms with E-state index in [1.807, 2.05) is 30.3 Å². The average Bonchev–Trinajstić information content (AvgIpc) is 2.60. The highest BCUT2D eigenvalue weighted by Crippen LogP contribution is 2.29. The number of amides is 1. The maximum Gasteiger partial charge on any atom is 0.422 e. The fraction of sp³-hybridized carbons (Fsp3) is 0.316. The molecule has 2 unspecified atom stereocenters. The van der Waals surface area contributed by atoms with Crippen LogP contribution >= 0.6 is 0 Å². The van der Waals surface area contributed by atoms with Crippen LogP contribution in [-0.4, -0.2) is 18.7 Å². The van der Waals surface area contributed by atoms with Crippen LogP contribution in [0.5, 0.6) is 5.75 Å². The van der Waals surface area contributed by atoms with Gasteiger partial charge < -0.3 is 15.8 Å². The molecule has 3 N–H and O–H groups in total. The second-order valence-electron chi connectivity index (χ2n) is 6.12. The van der Waals surface area contributed by atoms with E-state index in [0.717, 1.165) is 5.56 Å². The molecule has 140 valence electrons. The molecule has 2 atom stereocenters. The third-order valence-corrected chi connectivity index (χ3v) is 3.92. The minimum atomic E-state index is -4.46. The van der Waals surface area contributed by atoms with Crippen LogP contribution in [0.25, 0.3) is 0 Å². The predicted molar refractivity (Wildman–Crippen MR) is 93.9 cm³/mol. The lowest BCUT2D eigenvalue weighted by Gasteiger charge is -2.21. The van der Waals surface area contributed by atoms with Gasteiger partial charge >= 0.3 is 6.18 Å². The molecular weight excluding hydrogens is 345 g/mol. The van der Waals surface area contributed by atoms with Crippen LogP contribution in [0, 0.1) is 12.8 Å². The third kappa shape index (κ3) is 5.49. The molecule has 0 saturated heterocycles. The van der Waals surface area contributed by atoms with E-state index < -0.39 is 30.7 Å². The number of carbonyl (C=O) groups excluding carboxylic acids is 1. The summed E-state index contributed by atoms with van der Waals surface area (Å²) in [4.78, 5) is 12.5. The molecule has 0 bridgehead atoms. The van der Waals surface area contributed by atoms with Gasteiger partial charge in [0.15, 0.2) is 6.61 Å². The first-order chi connectivity index (χ1) is 12.2. The van der Waals surface area contributed by atoms with Crippen molar-refractivity contribution in [2.75, 3.05) is 11.9 Å². The van der Waals surface area contributed by atoms with Crippen LogP contribution in [0.2, 0.25) is 0 Å². The quantitative estimate of drug-likeness (QED) is 0.805. The second-order valence-corrected chi connectivity index (χ2v) is 6.12. The number of nitrogens with one attached hydrogen (secondary N) is 1. The Balaban J connectivity index is 2.12. The zero-order chi connectivity index (χ0) is 19.3. The number of hydrogen-bond donors (Lipinski definition) is 2. The number of rotatable bonds is 6. The maximum atomic E-state index is 12.5. The highest BCUT2D eigenvalue weighted by molar-refractivity contribution is 5.94. The van der Waals surface area contributed by atoms with Gasteiger partial charge in [-0.05, 0) is 30.2 Å². The summed E-state index contributed by atoms with van der Waals surface area (Å²) in [6, 6.07) is 13.2. The predicted octanol–water partition coefficient (Wildman–Crippen LogP) is 4.21. The first-order valence-corrected chi connectivity index (χ1v) is 8.09. The zero-order valence-electron chi connectivity index (χ0n) is 14.5. The molecule has 1 amide bonds. The molecule has 0 heterocycles. The first-order valence-electron chi connectivity index (χ1n) is 8.09. The largest absolute Gasteiger partial charge is 0.482 e. The molecule has 0 aliphatic heterocycles. The second kappa shape index (κ2) is 8.23. The van der Waals surface area contributed by atoms with E-state index in [-0.39, 0.29) is 11.4 Å². The Hall–Kier alpha value is -2.54. The highest BCUT2D eigenvalue weighted by atomic mass is 19.4. The van der Waals surface area contributed by atoms with E-state index >= 15 is 0 Å². The molecule has 2 rings (SSSR count). The van der Waals surface area contributed by atoms with Gasteiger partial charge in [-0.25, -0.2) is 0 Å². The van der Waals surface area contributed by atoms with Crippen molar-refractivity contribution in [1.82, 2.24) is 0 Å². The van der Waals surface area contributed by atoms with Crippen molar-refractivity contribution >= 4 is 11.6 Å². The van der Waals surface area contributed by atoms with E-state index in [9.17, 15) is 18.0 Å². The van der Waals surface area contributed by atoms with Crippen LogP contribution in [-0.2, 0) is 4.79 Å². The molecule has 0 aliphatic carbocycles. The van der Waals surface area contributed by atoms with Crippen LogP contribution in [0.3, 0.4) is 0 Å². The first kappa shape index (κ1) is 19.8. The Morgan fingerprint density at radius 3 is 2.46 bits per heavy atom. The van der Waals surface area contributed by atoms with E-state index in [1.165, 1.54) is 12.1 Å². The third-order valence-electron chi connectivity index (χ3n) is 3.92. The highest BCUT2D eigenvalue weighted by Gasteiger charge is 2.29. The number of alkyl halides is 3. The van der Waals surface area contributed by atoms with E-state index in [0.29, 0.717) is 5.56 Å². The molecule has 0 spiro atoms. The van der Waals surface area contributed by atoms with Gasteiger partial charge in [-0.3, -0.25) is 4.79 Å². The smallest absolute Gasteiger partial charge is 0.422 e. The van der Waals surface area contributed by atoms with Crippen molar-refractivity contribution in [2.45, 2.75) is 26.1 Å². The number of nitrogens with two attached hydrogens (primary N) is 1. The van der Waals surface area contributed by atoms with Gasteiger partial charge in [0.05, 0.1) is 11.6 Å². The standard InChI is InChI=1S/C19H21F3N2O2/c1-12-8-9-15(16(10-12)26-11-19(20,21)22)24-18(25)13(2)17(23)14-6-4-3-5-7-14/h3-10,13,17H,11,23H2,1-2H3,(H,24,25). The summed E-state index contributed by atoms with van der Waals surface area (Å²) >= 11 is 0. The van der Waals surface area contributed by atoms with Crippen LogP contribution in [0.15, 0.2) is 48.5 Å². The van der Waals surface area contributed by atoms with Gasteiger partial charge in [-0.15, -0.1) is 0 Å². The molecular formula is C19H21F3N2O2. The van der Waals surface area contributed by atoms with E-state index in [4.69, 9.17) is 10.5 Å². The summed E-state index contributed by atoms with van der Waals surface area (Å²) in [6.45, 7) is 1.95. The number of anilines is 1. The number of benzene rings is 2. The van der Waals surface area contributed by atoms with Gasteiger partial charge in [-0.1, -0.05) is 43.3 Å². The van der Waals surface area contributed by atoms with Crippen molar-refractivity contribution in [3.05, 3.63) is 59.7 Å². The molecule has 0 fully saturated rings. The van der Waals surface area contributed by atoms with E-state index in [1.54, 1.807) is 19.9 Å². The molecule has 4 nitrogen and oxygen atoms in total. The summed E-state index contributed by atoms with van der Waals surface area (Å²) in [5, 5.41) is 2.61. The van der Waals surface area contributed by atoms with Gasteiger partial charge in [-0.2, -0.15) is 13.2 Å². The van der Waals surface area contributed by atoms with Gasteiger partial charge in [0.25, 0.3) is 0 Å². The summed E-state index contributed by atoms with van der Waals surface area (Å²) in [5.74, 6) is -1.02. The SMILES string of the molecule is Cc1ccc(NC(=O)C(C)C(N)c2ccccc2)c(OCC(F)(F)F)c1. The summed E-state index contributed by atoms with van der Waals surface area (Å²) < 4.78 is 42.1. The Morgan fingerprint density at radius 2 is 1.85 bits per heavy atom. The lowest BCUT2D eigenvalue weighted by molar-refractivity contribution is -0.153. The monoisotopic (exact) mass is 366 g/mol. The zero-order valence-corrected chi connectivity index (χ0v) is 14.5. The molecule has 0 saturated carbocycles. The Kier molecular flexibility index (Phi) is 6.26. The van der Waals surface area contributed by atoms with E-state index in [2.05, 4.69) is 5.32 Å². The number of aryl methyl sites for hydroxylation is 1. The van der Waals surface area contributed by atoms with Crippen molar-refractivity contribution < 1.29 is 22.7 Å². The van der Waals surface area contributed by atoms with Crippen LogP contribution in [0.4, 0.5) is 18.9 Å². The van der Waals surface area contributed by atoms with Crippen molar-refractivity contribution in [2.24, 2.45) is 11.7 Å².